The highest BCUT2D eigenvalue weighted by molar-refractivity contribution is 7.99. The van der Waals surface area contributed by atoms with E-state index in [1.54, 1.807) is 27.6 Å². The fraction of sp³-hybridized carbons (Fsp3) is 0.151. The largest absolute Gasteiger partial charge is 0.455 e. The maximum absolute atomic E-state index is 6.41. The first-order chi connectivity index (χ1) is 72.7. The number of benzene rings is 26. The molecule has 2 saturated carbocycles. The van der Waals surface area contributed by atoms with Crippen LogP contribution in [0, 0.1) is 0 Å². The van der Waals surface area contributed by atoms with Gasteiger partial charge >= 0.3 is 0 Å². The third-order valence-corrected chi connectivity index (χ3v) is 39.6. The molecule has 26 aromatic carbocycles. The van der Waals surface area contributed by atoms with Crippen LogP contribution in [0.25, 0.3) is 229 Å². The van der Waals surface area contributed by atoms with Crippen LogP contribution in [0.5, 0.6) is 0 Å². The zero-order valence-electron chi connectivity index (χ0n) is 84.0. The summed E-state index contributed by atoms with van der Waals surface area (Å²) >= 11 is 1.91. The maximum atomic E-state index is 6.41. The summed E-state index contributed by atoms with van der Waals surface area (Å²) in [5.41, 5.74) is 41.8. The van der Waals surface area contributed by atoms with E-state index in [9.17, 15) is 0 Å². The van der Waals surface area contributed by atoms with Crippen molar-refractivity contribution in [1.29, 1.82) is 0 Å². The molecule has 1 nitrogen and oxygen atoms in total. The van der Waals surface area contributed by atoms with Crippen molar-refractivity contribution in [2.45, 2.75) is 148 Å². The molecule has 148 heavy (non-hydrogen) atoms. The molecule has 0 saturated heterocycles. The van der Waals surface area contributed by atoms with Gasteiger partial charge in [0, 0.05) is 69.2 Å². The SMILES string of the molecule is CC1(C)c2ccccc2-c2cc3cc4c5c(ccc6ccc(c21)c3c65)Sc1ccccc1-4.CC1(C)c2ccccc2-c2cc3cc4c5ccccc5oc4c4ccc5ccc1c2c5c34.CC1(c2ccccc2)c2ccccc2-c2cc3cc4c5c(ccc6ccc(c21)c3c65)C(C)(c1ccccc1)c1ccccc1-4.c1ccc2c(c1)-c1cc3cc4c5c(ccc6ccc(c1C21CCCCC1)c3c65)C1(CCCCC1)c1ccccc1-4. The number of fused-ring (bicyclic) bond motifs is 28. The first kappa shape index (κ1) is 84.2. The molecule has 2 spiro atoms. The molecule has 0 radical (unpaired) electrons. The van der Waals surface area contributed by atoms with Crippen LogP contribution < -0.4 is 0 Å². The Hall–Kier alpha value is -16.0. The average Bonchev–Trinajstić information content (AvgIpc) is 1.27. The molecular weight excluding hydrogens is 1800 g/mol. The highest BCUT2D eigenvalue weighted by atomic mass is 32.2. The predicted octanol–water partition coefficient (Wildman–Crippen LogP) is 40.1. The minimum Gasteiger partial charge on any atom is -0.455 e. The van der Waals surface area contributed by atoms with Crippen LogP contribution in [-0.4, -0.2) is 0 Å². The van der Waals surface area contributed by atoms with E-state index in [0.717, 1.165) is 11.2 Å². The van der Waals surface area contributed by atoms with Crippen LogP contribution in [0.15, 0.2) is 415 Å². The zero-order chi connectivity index (χ0) is 97.6. The van der Waals surface area contributed by atoms with E-state index >= 15 is 0 Å². The third-order valence-electron chi connectivity index (χ3n) is 38.4. The van der Waals surface area contributed by atoms with Gasteiger partial charge in [-0.15, -0.1) is 0 Å². The van der Waals surface area contributed by atoms with E-state index < -0.39 is 0 Å². The van der Waals surface area contributed by atoms with Gasteiger partial charge in [-0.3, -0.25) is 0 Å². The molecule has 1 aliphatic heterocycles. The molecule has 2 fully saturated rings. The lowest BCUT2D eigenvalue weighted by Crippen LogP contribution is -2.33. The van der Waals surface area contributed by atoms with Crippen LogP contribution in [-0.2, 0) is 32.5 Å². The molecular formula is C146H104OS. The highest BCUT2D eigenvalue weighted by Crippen LogP contribution is 2.67. The fourth-order valence-electron chi connectivity index (χ4n) is 32.1. The molecule has 2 heteroatoms. The summed E-state index contributed by atoms with van der Waals surface area (Å²) in [6.45, 7) is 14.4. The van der Waals surface area contributed by atoms with E-state index in [4.69, 9.17) is 4.42 Å². The molecule has 1 aromatic heterocycles. The van der Waals surface area contributed by atoms with Gasteiger partial charge in [-0.25, -0.2) is 0 Å². The number of furan rings is 1. The Morgan fingerprint density at radius 2 is 0.547 bits per heavy atom. The van der Waals surface area contributed by atoms with Crippen molar-refractivity contribution in [2.24, 2.45) is 0 Å². The molecule has 2 atom stereocenters. The maximum Gasteiger partial charge on any atom is 0.143 e. The molecule has 700 valence electrons. The fourth-order valence-corrected chi connectivity index (χ4v) is 33.2. The Morgan fingerprint density at radius 1 is 0.189 bits per heavy atom. The summed E-state index contributed by atoms with van der Waals surface area (Å²) in [5, 5.41) is 35.9. The average molecular weight is 1910 g/mol. The quantitative estimate of drug-likeness (QED) is 0.160. The lowest BCUT2D eigenvalue weighted by Gasteiger charge is -2.44. The molecule has 8 aliphatic carbocycles. The number of hydrogen-bond acceptors (Lipinski definition) is 2. The summed E-state index contributed by atoms with van der Waals surface area (Å²) in [6, 6.07) is 152. The van der Waals surface area contributed by atoms with Gasteiger partial charge in [0.25, 0.3) is 0 Å². The van der Waals surface area contributed by atoms with Crippen LogP contribution in [0.3, 0.4) is 0 Å². The number of para-hydroxylation sites is 1. The van der Waals surface area contributed by atoms with E-state index in [2.05, 4.69) is 436 Å². The van der Waals surface area contributed by atoms with Crippen molar-refractivity contribution in [3.05, 3.63) is 478 Å². The van der Waals surface area contributed by atoms with Crippen LogP contribution in [0.1, 0.15) is 184 Å². The van der Waals surface area contributed by atoms with Crippen molar-refractivity contribution in [3.8, 4) is 77.9 Å². The molecule has 0 bridgehead atoms. The topological polar surface area (TPSA) is 13.1 Å². The molecule has 9 aliphatic rings. The van der Waals surface area contributed by atoms with Crippen molar-refractivity contribution in [1.82, 2.24) is 0 Å². The number of hydrogen-bond donors (Lipinski definition) is 0. The smallest absolute Gasteiger partial charge is 0.143 e. The van der Waals surface area contributed by atoms with Gasteiger partial charge in [-0.2, -0.15) is 0 Å². The Bertz CT molecular complexity index is 10500. The minimum atomic E-state index is -0.260. The van der Waals surface area contributed by atoms with Gasteiger partial charge in [-0.05, 0) is 381 Å². The van der Waals surface area contributed by atoms with E-state index in [0.29, 0.717) is 0 Å². The molecule has 0 amide bonds. The molecule has 2 unspecified atom stereocenters. The molecule has 27 aromatic rings. The monoisotopic (exact) mass is 1900 g/mol. The van der Waals surface area contributed by atoms with E-state index in [-0.39, 0.29) is 32.5 Å². The normalized spacial score (nSPS) is 17.8. The third kappa shape index (κ3) is 10.8. The Kier molecular flexibility index (Phi) is 17.0. The first-order valence-corrected chi connectivity index (χ1v) is 54.9. The van der Waals surface area contributed by atoms with Gasteiger partial charge in [0.05, 0.1) is 0 Å². The van der Waals surface area contributed by atoms with Crippen molar-refractivity contribution < 1.29 is 4.42 Å². The molecule has 36 rings (SSSR count). The zero-order valence-corrected chi connectivity index (χ0v) is 84.8. The minimum absolute atomic E-state index is 0.00167. The van der Waals surface area contributed by atoms with Gasteiger partial charge < -0.3 is 4.42 Å². The van der Waals surface area contributed by atoms with Crippen molar-refractivity contribution in [3.63, 3.8) is 0 Å². The standard InChI is InChI=1S/C44H30.C40H34.C31H20O.C31H20S/c1-43(29-13-5-3-6-14-29)36-19-11-9-17-31(36)34-25-28-26-35-32-18-10-12-20-37(32)44(2,30-15-7-4-8-16-30)42(35)33-23-21-27-22-24-38(43)41(34)40(27)39(28)33;1-7-19-39(20-8-1)32-13-5-3-11-27(32)30-23-26-24-31-28-12-4-6-14-33(28)40(21-9-2-10-22-40)38(31)29-17-15-25-16-18-34(39)37(30)36(25)35(26)29;1-31(2)24-9-5-3-7-19(24)22-15-18-16-23-20-8-4-6-10-26(20)32-30(23)21-13-11-17-12-14-25(31)29(22)28(17)27(18)21;1-31(2)24-9-5-3-7-19(24)23-16-18-15-22-20-8-4-6-10-25(20)32-26-14-12-17-11-13-21(30(23)31)27(18)28(17)29(22)26/h3-26H,1-2H3;3-6,11-18,23-24H,1-2,7-10,19-22H2;2*3-16H,1-2H3. The molecule has 0 N–H and O–H groups in total. The summed E-state index contributed by atoms with van der Waals surface area (Å²) < 4.78 is 6.41. The first-order valence-electron chi connectivity index (χ1n) is 54.1. The van der Waals surface area contributed by atoms with Gasteiger partial charge in [0.15, 0.2) is 0 Å². The van der Waals surface area contributed by atoms with Crippen LogP contribution in [0.2, 0.25) is 0 Å². The Labute approximate surface area is 864 Å². The second-order valence-electron chi connectivity index (χ2n) is 46.0. The second kappa shape index (κ2) is 29.9. The molecule has 2 heterocycles. The summed E-state index contributed by atoms with van der Waals surface area (Å²) in [6.07, 6.45) is 13.2. The Morgan fingerprint density at radius 3 is 1.14 bits per heavy atom. The van der Waals surface area contributed by atoms with E-state index in [1.807, 2.05) is 17.8 Å². The summed E-state index contributed by atoms with van der Waals surface area (Å²) in [5.74, 6) is 0. The summed E-state index contributed by atoms with van der Waals surface area (Å²) in [7, 11) is 0. The van der Waals surface area contributed by atoms with Crippen LogP contribution in [0.4, 0.5) is 0 Å². The lowest BCUT2D eigenvalue weighted by molar-refractivity contribution is 0.348. The van der Waals surface area contributed by atoms with Crippen molar-refractivity contribution in [2.75, 3.05) is 0 Å². The summed E-state index contributed by atoms with van der Waals surface area (Å²) in [4.78, 5) is 2.73. The Balaban J connectivity index is 0.0000000866. The highest BCUT2D eigenvalue weighted by Gasteiger charge is 2.50. The van der Waals surface area contributed by atoms with Crippen LogP contribution >= 0.6 is 11.8 Å². The second-order valence-corrected chi connectivity index (χ2v) is 47.1. The van der Waals surface area contributed by atoms with Gasteiger partial charge in [-0.1, -0.05) is 406 Å². The lowest BCUT2D eigenvalue weighted by atomic mass is 9.59. The number of rotatable bonds is 2. The van der Waals surface area contributed by atoms with Crippen molar-refractivity contribution >= 4 is 163 Å². The van der Waals surface area contributed by atoms with E-state index in [1.165, 1.54) is 342 Å². The van der Waals surface area contributed by atoms with Gasteiger partial charge in [0.2, 0.25) is 0 Å². The van der Waals surface area contributed by atoms with Gasteiger partial charge in [0.1, 0.15) is 11.2 Å². The predicted molar refractivity (Wildman–Crippen MR) is 626 cm³/mol.